The van der Waals surface area contributed by atoms with Gasteiger partial charge in [-0.2, -0.15) is 0 Å². The van der Waals surface area contributed by atoms with Crippen LogP contribution in [0.25, 0.3) is 0 Å². The molecule has 20 heavy (non-hydrogen) atoms. The molecule has 0 atom stereocenters. The van der Waals surface area contributed by atoms with Crippen molar-refractivity contribution in [3.63, 3.8) is 0 Å². The molecule has 0 N–H and O–H groups in total. The van der Waals surface area contributed by atoms with Crippen molar-refractivity contribution < 1.29 is 9.53 Å². The highest BCUT2D eigenvalue weighted by molar-refractivity contribution is 9.10. The van der Waals surface area contributed by atoms with Crippen molar-refractivity contribution in [3.05, 3.63) is 70.2 Å². The largest absolute Gasteiger partial charge is 0.381 e. The van der Waals surface area contributed by atoms with E-state index in [2.05, 4.69) is 15.9 Å². The van der Waals surface area contributed by atoms with E-state index in [4.69, 9.17) is 4.74 Å². The van der Waals surface area contributed by atoms with E-state index in [-0.39, 0.29) is 5.78 Å². The minimum Gasteiger partial charge on any atom is -0.381 e. The molecule has 2 nitrogen and oxygen atoms in total. The van der Waals surface area contributed by atoms with Crippen LogP contribution in [0.4, 0.5) is 0 Å². The fourth-order valence-corrected chi connectivity index (χ4v) is 2.37. The first-order valence-electron chi connectivity index (χ1n) is 6.71. The third-order valence-electron chi connectivity index (χ3n) is 2.98. The second-order valence-corrected chi connectivity index (χ2v) is 5.35. The SMILES string of the molecule is C1CCOC1.O=C(c1ccccc1)c1ccccc1Br. The number of hydrogen-bond acceptors (Lipinski definition) is 2. The zero-order valence-corrected chi connectivity index (χ0v) is 12.8. The fraction of sp³-hybridized carbons (Fsp3) is 0.235. The molecular weight excluding hydrogens is 316 g/mol. The Morgan fingerprint density at radius 3 is 2.05 bits per heavy atom. The van der Waals surface area contributed by atoms with Gasteiger partial charge in [-0.15, -0.1) is 0 Å². The lowest BCUT2D eigenvalue weighted by molar-refractivity contribution is 0.103. The molecule has 0 amide bonds. The standard InChI is InChI=1S/C13H9BrO.C4H8O/c14-12-9-5-4-8-11(12)13(15)10-6-2-1-3-7-10;1-2-4-5-3-1/h1-9H;1-4H2. The molecule has 3 heteroatoms. The van der Waals surface area contributed by atoms with Crippen LogP contribution in [-0.2, 0) is 4.74 Å². The molecule has 0 bridgehead atoms. The molecule has 0 saturated carbocycles. The van der Waals surface area contributed by atoms with Gasteiger partial charge >= 0.3 is 0 Å². The maximum Gasteiger partial charge on any atom is 0.194 e. The first-order chi connectivity index (χ1) is 9.79. The first-order valence-corrected chi connectivity index (χ1v) is 7.50. The van der Waals surface area contributed by atoms with E-state index < -0.39 is 0 Å². The highest BCUT2D eigenvalue weighted by Gasteiger charge is 2.10. The van der Waals surface area contributed by atoms with E-state index in [0.29, 0.717) is 11.1 Å². The van der Waals surface area contributed by atoms with Gasteiger partial charge in [0.2, 0.25) is 0 Å². The zero-order valence-electron chi connectivity index (χ0n) is 11.2. The first kappa shape index (κ1) is 14.9. The Morgan fingerprint density at radius 1 is 0.900 bits per heavy atom. The number of hydrogen-bond donors (Lipinski definition) is 0. The molecule has 0 aliphatic carbocycles. The summed E-state index contributed by atoms with van der Waals surface area (Å²) in [5.41, 5.74) is 1.41. The summed E-state index contributed by atoms with van der Waals surface area (Å²) in [6.07, 6.45) is 2.56. The minimum atomic E-state index is 0.0445. The zero-order chi connectivity index (χ0) is 14.2. The monoisotopic (exact) mass is 332 g/mol. The Bertz CT molecular complexity index is 540. The van der Waals surface area contributed by atoms with Gasteiger partial charge in [-0.1, -0.05) is 58.4 Å². The van der Waals surface area contributed by atoms with E-state index >= 15 is 0 Å². The van der Waals surface area contributed by atoms with Crippen LogP contribution in [-0.4, -0.2) is 19.0 Å². The second-order valence-electron chi connectivity index (χ2n) is 4.49. The molecule has 1 aliphatic heterocycles. The van der Waals surface area contributed by atoms with Crippen molar-refractivity contribution in [3.8, 4) is 0 Å². The summed E-state index contributed by atoms with van der Waals surface area (Å²) in [5, 5.41) is 0. The number of carbonyl (C=O) groups excluding carboxylic acids is 1. The maximum absolute atomic E-state index is 12.0. The molecule has 3 rings (SSSR count). The Kier molecular flexibility index (Phi) is 5.96. The molecule has 104 valence electrons. The number of halogens is 1. The fourth-order valence-electron chi connectivity index (χ4n) is 1.90. The highest BCUT2D eigenvalue weighted by Crippen LogP contribution is 2.19. The predicted molar refractivity (Wildman–Crippen MR) is 84.1 cm³/mol. The van der Waals surface area contributed by atoms with Crippen LogP contribution < -0.4 is 0 Å². The van der Waals surface area contributed by atoms with Gasteiger partial charge in [0.15, 0.2) is 5.78 Å². The molecule has 2 aromatic carbocycles. The van der Waals surface area contributed by atoms with Crippen molar-refractivity contribution in [2.24, 2.45) is 0 Å². The van der Waals surface area contributed by atoms with Crippen LogP contribution in [0.5, 0.6) is 0 Å². The summed E-state index contributed by atoms with van der Waals surface area (Å²) in [7, 11) is 0. The second kappa shape index (κ2) is 7.98. The lowest BCUT2D eigenvalue weighted by Gasteiger charge is -2.02. The normalized spacial score (nSPS) is 13.4. The highest BCUT2D eigenvalue weighted by atomic mass is 79.9. The van der Waals surface area contributed by atoms with Gasteiger partial charge in [-0.05, 0) is 25.0 Å². The smallest absolute Gasteiger partial charge is 0.194 e. The Balaban J connectivity index is 0.000000247. The van der Waals surface area contributed by atoms with E-state index in [1.165, 1.54) is 12.8 Å². The summed E-state index contributed by atoms with van der Waals surface area (Å²) >= 11 is 3.37. The van der Waals surface area contributed by atoms with E-state index in [9.17, 15) is 4.79 Å². The third-order valence-corrected chi connectivity index (χ3v) is 3.67. The molecule has 0 radical (unpaired) electrons. The van der Waals surface area contributed by atoms with Crippen LogP contribution in [0.1, 0.15) is 28.8 Å². The molecule has 2 aromatic rings. The Hall–Kier alpha value is -1.45. The number of ketones is 1. The van der Waals surface area contributed by atoms with E-state index in [1.807, 2.05) is 54.6 Å². The molecule has 0 spiro atoms. The van der Waals surface area contributed by atoms with Crippen molar-refractivity contribution in [1.82, 2.24) is 0 Å². The van der Waals surface area contributed by atoms with Gasteiger partial charge < -0.3 is 4.74 Å². The average molecular weight is 333 g/mol. The van der Waals surface area contributed by atoms with Crippen LogP contribution in [0.2, 0.25) is 0 Å². The van der Waals surface area contributed by atoms with Gasteiger partial charge in [-0.25, -0.2) is 0 Å². The van der Waals surface area contributed by atoms with Crippen LogP contribution in [0.15, 0.2) is 59.1 Å². The maximum atomic E-state index is 12.0. The molecular formula is C17H17BrO2. The van der Waals surface area contributed by atoms with E-state index in [1.54, 1.807) is 0 Å². The van der Waals surface area contributed by atoms with Gasteiger partial charge in [0.05, 0.1) is 0 Å². The molecule has 1 aliphatic rings. The number of ether oxygens (including phenoxy) is 1. The molecule has 0 aromatic heterocycles. The summed E-state index contributed by atoms with van der Waals surface area (Å²) in [5.74, 6) is 0.0445. The molecule has 1 saturated heterocycles. The predicted octanol–water partition coefficient (Wildman–Crippen LogP) is 4.48. The van der Waals surface area contributed by atoms with Gasteiger partial charge in [0, 0.05) is 28.8 Å². The summed E-state index contributed by atoms with van der Waals surface area (Å²) < 4.78 is 5.78. The number of carbonyl (C=O) groups is 1. The lowest BCUT2D eigenvalue weighted by atomic mass is 10.0. The van der Waals surface area contributed by atoms with Crippen LogP contribution >= 0.6 is 15.9 Å². The van der Waals surface area contributed by atoms with Gasteiger partial charge in [0.1, 0.15) is 0 Å². The van der Waals surface area contributed by atoms with Crippen molar-refractivity contribution in [2.45, 2.75) is 12.8 Å². The Labute approximate surface area is 127 Å². The number of benzene rings is 2. The average Bonchev–Trinajstić information content (AvgIpc) is 3.07. The molecule has 1 heterocycles. The van der Waals surface area contributed by atoms with Gasteiger partial charge in [-0.3, -0.25) is 4.79 Å². The van der Waals surface area contributed by atoms with Crippen molar-refractivity contribution in [1.29, 1.82) is 0 Å². The Morgan fingerprint density at radius 2 is 1.50 bits per heavy atom. The van der Waals surface area contributed by atoms with E-state index in [0.717, 1.165) is 17.7 Å². The van der Waals surface area contributed by atoms with Crippen molar-refractivity contribution >= 4 is 21.7 Å². The third kappa shape index (κ3) is 4.29. The summed E-state index contributed by atoms with van der Waals surface area (Å²) in [6, 6.07) is 16.7. The molecule has 0 unspecified atom stereocenters. The van der Waals surface area contributed by atoms with Crippen LogP contribution in [0.3, 0.4) is 0 Å². The van der Waals surface area contributed by atoms with Crippen LogP contribution in [0, 0.1) is 0 Å². The summed E-state index contributed by atoms with van der Waals surface area (Å²) in [6.45, 7) is 2.00. The quantitative estimate of drug-likeness (QED) is 0.758. The summed E-state index contributed by atoms with van der Waals surface area (Å²) in [4.78, 5) is 12.0. The molecule has 1 fully saturated rings. The topological polar surface area (TPSA) is 26.3 Å². The number of rotatable bonds is 2. The van der Waals surface area contributed by atoms with Gasteiger partial charge in [0.25, 0.3) is 0 Å². The van der Waals surface area contributed by atoms with Crippen molar-refractivity contribution in [2.75, 3.05) is 13.2 Å². The minimum absolute atomic E-state index is 0.0445. The lowest BCUT2D eigenvalue weighted by Crippen LogP contribution is -2.01.